The average molecular weight is 361 g/mol. The van der Waals surface area contributed by atoms with E-state index in [1.54, 1.807) is 18.2 Å². The zero-order chi connectivity index (χ0) is 19.0. The van der Waals surface area contributed by atoms with E-state index in [1.807, 2.05) is 12.1 Å². The number of benzene rings is 1. The molecule has 0 aliphatic rings. The van der Waals surface area contributed by atoms with Gasteiger partial charge < -0.3 is 9.84 Å². The summed E-state index contributed by atoms with van der Waals surface area (Å²) in [6.07, 6.45) is 17.4. The van der Waals surface area contributed by atoms with E-state index in [1.165, 1.54) is 58.5 Å². The Kier molecular flexibility index (Phi) is 12.3. The van der Waals surface area contributed by atoms with E-state index >= 15 is 0 Å². The summed E-state index contributed by atoms with van der Waals surface area (Å²) in [4.78, 5) is 11.9. The van der Waals surface area contributed by atoms with E-state index in [4.69, 9.17) is 4.74 Å². The third-order valence-corrected chi connectivity index (χ3v) is 4.67. The molecule has 1 aromatic carbocycles. The molecule has 26 heavy (non-hydrogen) atoms. The molecule has 0 aliphatic heterocycles. The predicted octanol–water partition coefficient (Wildman–Crippen LogP) is 6.38. The van der Waals surface area contributed by atoms with Crippen LogP contribution in [0.4, 0.5) is 0 Å². The quantitative estimate of drug-likeness (QED) is 0.291. The number of carbonyl (C=O) groups excluding carboxylic acids is 1. The Balaban J connectivity index is 2.06. The SMILES string of the molecule is CCCCCCCCCCCC(=O)C=CCCc1ccc(OC)c(O)c1. The van der Waals surface area contributed by atoms with Gasteiger partial charge >= 0.3 is 0 Å². The highest BCUT2D eigenvalue weighted by Gasteiger charge is 2.02. The van der Waals surface area contributed by atoms with E-state index in [0.717, 1.165) is 24.8 Å². The number of hydrogen-bond donors (Lipinski definition) is 1. The molecule has 0 heterocycles. The molecule has 0 bridgehead atoms. The van der Waals surface area contributed by atoms with Crippen LogP contribution in [0.5, 0.6) is 11.5 Å². The van der Waals surface area contributed by atoms with Crippen LogP contribution in [0.2, 0.25) is 0 Å². The molecule has 1 N–H and O–H groups in total. The van der Waals surface area contributed by atoms with Crippen LogP contribution < -0.4 is 4.74 Å². The Labute approximate surface area is 159 Å². The highest BCUT2D eigenvalue weighted by atomic mass is 16.5. The zero-order valence-corrected chi connectivity index (χ0v) is 16.6. The molecule has 0 atom stereocenters. The summed E-state index contributed by atoms with van der Waals surface area (Å²) in [6, 6.07) is 5.43. The first kappa shape index (κ1) is 22.3. The van der Waals surface area contributed by atoms with Gasteiger partial charge in [-0.2, -0.15) is 0 Å². The summed E-state index contributed by atoms with van der Waals surface area (Å²) in [5, 5.41) is 9.75. The van der Waals surface area contributed by atoms with Crippen molar-refractivity contribution >= 4 is 5.78 Å². The van der Waals surface area contributed by atoms with Gasteiger partial charge in [0.05, 0.1) is 7.11 Å². The van der Waals surface area contributed by atoms with E-state index in [-0.39, 0.29) is 11.5 Å². The first-order chi connectivity index (χ1) is 12.7. The minimum Gasteiger partial charge on any atom is -0.504 e. The molecule has 0 radical (unpaired) electrons. The average Bonchev–Trinajstić information content (AvgIpc) is 2.64. The van der Waals surface area contributed by atoms with E-state index in [2.05, 4.69) is 6.92 Å². The minimum atomic E-state index is 0.162. The van der Waals surface area contributed by atoms with Gasteiger partial charge in [-0.3, -0.25) is 4.79 Å². The van der Waals surface area contributed by atoms with Crippen LogP contribution in [0, 0.1) is 0 Å². The van der Waals surface area contributed by atoms with E-state index in [9.17, 15) is 9.90 Å². The van der Waals surface area contributed by atoms with Gasteiger partial charge in [-0.1, -0.05) is 70.4 Å². The van der Waals surface area contributed by atoms with Crippen LogP contribution >= 0.6 is 0 Å². The summed E-state index contributed by atoms with van der Waals surface area (Å²) < 4.78 is 5.03. The normalized spacial score (nSPS) is 11.2. The van der Waals surface area contributed by atoms with Gasteiger partial charge in [-0.05, 0) is 43.0 Å². The number of unbranched alkanes of at least 4 members (excludes halogenated alkanes) is 8. The number of methoxy groups -OCH3 is 1. The number of phenols is 1. The number of carbonyl (C=O) groups is 1. The predicted molar refractivity (Wildman–Crippen MR) is 109 cm³/mol. The molecule has 0 saturated carbocycles. The topological polar surface area (TPSA) is 46.5 Å². The molecule has 3 heteroatoms. The summed E-state index contributed by atoms with van der Waals surface area (Å²) in [6.45, 7) is 2.25. The molecule has 146 valence electrons. The molecule has 0 aromatic heterocycles. The number of ether oxygens (including phenoxy) is 1. The maximum absolute atomic E-state index is 11.9. The summed E-state index contributed by atoms with van der Waals surface area (Å²) in [5.74, 6) is 0.876. The van der Waals surface area contributed by atoms with Crippen molar-refractivity contribution in [1.82, 2.24) is 0 Å². The van der Waals surface area contributed by atoms with Crippen molar-refractivity contribution in [3.8, 4) is 11.5 Å². The molecule has 1 rings (SSSR count). The zero-order valence-electron chi connectivity index (χ0n) is 16.6. The Bertz CT molecular complexity index is 534. The molecule has 0 aliphatic carbocycles. The lowest BCUT2D eigenvalue weighted by atomic mass is 10.0. The second-order valence-corrected chi connectivity index (χ2v) is 6.99. The first-order valence-electron chi connectivity index (χ1n) is 10.2. The van der Waals surface area contributed by atoms with E-state index < -0.39 is 0 Å². The number of aromatic hydroxyl groups is 1. The molecular formula is C23H36O3. The monoisotopic (exact) mass is 360 g/mol. The Hall–Kier alpha value is -1.77. The van der Waals surface area contributed by atoms with Crippen molar-refractivity contribution in [2.75, 3.05) is 7.11 Å². The van der Waals surface area contributed by atoms with Crippen molar-refractivity contribution in [3.63, 3.8) is 0 Å². The molecule has 1 aromatic rings. The standard InChI is InChI=1S/C23H36O3/c1-3-4-5-6-7-8-9-10-11-15-21(24)16-13-12-14-20-17-18-23(26-2)22(25)19-20/h13,16-19,25H,3-12,14-15H2,1-2H3. The molecule has 0 spiro atoms. The molecule has 0 saturated heterocycles. The molecular weight excluding hydrogens is 324 g/mol. The second kappa shape index (κ2) is 14.4. The molecule has 0 fully saturated rings. The van der Waals surface area contributed by atoms with Gasteiger partial charge in [-0.25, -0.2) is 0 Å². The van der Waals surface area contributed by atoms with Crippen LogP contribution in [0.15, 0.2) is 30.4 Å². The summed E-state index contributed by atoms with van der Waals surface area (Å²) in [5.41, 5.74) is 1.04. The highest BCUT2D eigenvalue weighted by molar-refractivity contribution is 5.89. The fraction of sp³-hybridized carbons (Fsp3) is 0.609. The first-order valence-corrected chi connectivity index (χ1v) is 10.2. The number of hydrogen-bond acceptors (Lipinski definition) is 3. The van der Waals surface area contributed by atoms with Crippen molar-refractivity contribution in [3.05, 3.63) is 35.9 Å². The summed E-state index contributed by atoms with van der Waals surface area (Å²) in [7, 11) is 1.54. The van der Waals surface area contributed by atoms with Gasteiger partial charge in [0, 0.05) is 6.42 Å². The van der Waals surface area contributed by atoms with Crippen LogP contribution in [-0.2, 0) is 11.2 Å². The number of aryl methyl sites for hydroxylation is 1. The number of allylic oxidation sites excluding steroid dienone is 2. The fourth-order valence-corrected chi connectivity index (χ4v) is 3.05. The number of rotatable bonds is 15. The van der Waals surface area contributed by atoms with Gasteiger partial charge in [-0.15, -0.1) is 0 Å². The largest absolute Gasteiger partial charge is 0.504 e. The Morgan fingerprint density at radius 2 is 1.69 bits per heavy atom. The van der Waals surface area contributed by atoms with Gasteiger partial charge in [0.15, 0.2) is 17.3 Å². The van der Waals surface area contributed by atoms with Gasteiger partial charge in [0.1, 0.15) is 0 Å². The van der Waals surface area contributed by atoms with Gasteiger partial charge in [0.25, 0.3) is 0 Å². The van der Waals surface area contributed by atoms with Crippen molar-refractivity contribution < 1.29 is 14.6 Å². The highest BCUT2D eigenvalue weighted by Crippen LogP contribution is 2.26. The van der Waals surface area contributed by atoms with Crippen LogP contribution in [-0.4, -0.2) is 18.0 Å². The number of ketones is 1. The van der Waals surface area contributed by atoms with Crippen LogP contribution in [0.1, 0.15) is 83.1 Å². The lowest BCUT2D eigenvalue weighted by Crippen LogP contribution is -1.93. The minimum absolute atomic E-state index is 0.162. The second-order valence-electron chi connectivity index (χ2n) is 6.99. The maximum Gasteiger partial charge on any atom is 0.160 e. The van der Waals surface area contributed by atoms with Crippen molar-refractivity contribution in [2.24, 2.45) is 0 Å². The van der Waals surface area contributed by atoms with Crippen molar-refractivity contribution in [2.45, 2.75) is 84.0 Å². The number of phenolic OH excluding ortho intramolecular Hbond substituents is 1. The molecule has 0 unspecified atom stereocenters. The van der Waals surface area contributed by atoms with Gasteiger partial charge in [0.2, 0.25) is 0 Å². The third kappa shape index (κ3) is 10.3. The van der Waals surface area contributed by atoms with Crippen molar-refractivity contribution in [1.29, 1.82) is 0 Å². The Morgan fingerprint density at radius 3 is 2.31 bits per heavy atom. The van der Waals surface area contributed by atoms with Crippen LogP contribution in [0.25, 0.3) is 0 Å². The summed E-state index contributed by atoms with van der Waals surface area (Å²) >= 11 is 0. The Morgan fingerprint density at radius 1 is 1.04 bits per heavy atom. The molecule has 3 nitrogen and oxygen atoms in total. The lowest BCUT2D eigenvalue weighted by molar-refractivity contribution is -0.114. The fourth-order valence-electron chi connectivity index (χ4n) is 3.05. The smallest absolute Gasteiger partial charge is 0.160 e. The third-order valence-electron chi connectivity index (χ3n) is 4.67. The lowest BCUT2D eigenvalue weighted by Gasteiger charge is -2.05. The van der Waals surface area contributed by atoms with E-state index in [0.29, 0.717) is 12.2 Å². The molecule has 0 amide bonds. The van der Waals surface area contributed by atoms with Crippen LogP contribution in [0.3, 0.4) is 0 Å². The maximum atomic E-state index is 11.9.